The third kappa shape index (κ3) is 2.41. The summed E-state index contributed by atoms with van der Waals surface area (Å²) in [5.41, 5.74) is 0.454. The van der Waals surface area contributed by atoms with Crippen LogP contribution in [-0.4, -0.2) is 22.2 Å². The van der Waals surface area contributed by atoms with Gasteiger partial charge in [0.15, 0.2) is 0 Å². The lowest BCUT2D eigenvalue weighted by Crippen LogP contribution is -2.27. The Morgan fingerprint density at radius 2 is 2.28 bits per heavy atom. The molecule has 0 radical (unpaired) electrons. The van der Waals surface area contributed by atoms with E-state index in [9.17, 15) is 15.2 Å². The number of nitrogens with one attached hydrogen (secondary N) is 1. The first-order valence-corrected chi connectivity index (χ1v) is 5.75. The van der Waals surface area contributed by atoms with E-state index in [0.717, 1.165) is 19.3 Å². The fraction of sp³-hybridized carbons (Fsp3) is 0.417. The van der Waals surface area contributed by atoms with Crippen LogP contribution in [0.4, 0.5) is 11.4 Å². The topological polar surface area (TPSA) is 99.2 Å². The summed E-state index contributed by atoms with van der Waals surface area (Å²) in [6.45, 7) is 0. The number of rotatable bonds is 3. The summed E-state index contributed by atoms with van der Waals surface area (Å²) in [4.78, 5) is 10.1. The van der Waals surface area contributed by atoms with Crippen molar-refractivity contribution in [2.24, 2.45) is 0 Å². The van der Waals surface area contributed by atoms with E-state index in [2.05, 4.69) is 5.32 Å². The molecule has 0 heterocycles. The Morgan fingerprint density at radius 1 is 1.50 bits per heavy atom. The standard InChI is InChI=1S/C12H13N3O3/c13-7-8-6-9(4-5-11(8)15(17)18)14-10-2-1-3-12(10)16/h4-6,10,12,14,16H,1-3H2/t10-,12+/m1/s1. The van der Waals surface area contributed by atoms with Crippen molar-refractivity contribution in [2.45, 2.75) is 31.4 Å². The highest BCUT2D eigenvalue weighted by atomic mass is 16.6. The number of aliphatic hydroxyl groups excluding tert-OH is 1. The van der Waals surface area contributed by atoms with Crippen LogP contribution in [0.2, 0.25) is 0 Å². The van der Waals surface area contributed by atoms with Crippen molar-refractivity contribution in [3.8, 4) is 6.07 Å². The van der Waals surface area contributed by atoms with E-state index in [1.54, 1.807) is 6.07 Å². The summed E-state index contributed by atoms with van der Waals surface area (Å²) in [6, 6.07) is 6.08. The summed E-state index contributed by atoms with van der Waals surface area (Å²) in [6.07, 6.45) is 2.18. The van der Waals surface area contributed by atoms with Crippen molar-refractivity contribution in [1.29, 1.82) is 5.26 Å². The SMILES string of the molecule is N#Cc1cc(N[C@@H]2CCC[C@@H]2O)ccc1[N+](=O)[O-]. The van der Waals surface area contributed by atoms with Crippen LogP contribution in [0.15, 0.2) is 18.2 Å². The van der Waals surface area contributed by atoms with Crippen molar-refractivity contribution in [2.75, 3.05) is 5.32 Å². The predicted molar refractivity (Wildman–Crippen MR) is 65.1 cm³/mol. The second-order valence-corrected chi connectivity index (χ2v) is 4.35. The van der Waals surface area contributed by atoms with Gasteiger partial charge in [-0.3, -0.25) is 10.1 Å². The van der Waals surface area contributed by atoms with E-state index in [4.69, 9.17) is 5.26 Å². The van der Waals surface area contributed by atoms with Gasteiger partial charge in [-0.25, -0.2) is 0 Å². The van der Waals surface area contributed by atoms with Gasteiger partial charge in [-0.15, -0.1) is 0 Å². The quantitative estimate of drug-likeness (QED) is 0.626. The Hall–Kier alpha value is -2.13. The molecule has 6 nitrogen and oxygen atoms in total. The average molecular weight is 247 g/mol. The zero-order chi connectivity index (χ0) is 13.1. The Kier molecular flexibility index (Phi) is 3.44. The molecule has 1 fully saturated rings. The third-order valence-electron chi connectivity index (χ3n) is 3.15. The van der Waals surface area contributed by atoms with Gasteiger partial charge >= 0.3 is 0 Å². The minimum Gasteiger partial charge on any atom is -0.391 e. The minimum atomic E-state index is -0.577. The van der Waals surface area contributed by atoms with Crippen molar-refractivity contribution >= 4 is 11.4 Å². The second-order valence-electron chi connectivity index (χ2n) is 4.35. The van der Waals surface area contributed by atoms with Crippen LogP contribution in [0.25, 0.3) is 0 Å². The van der Waals surface area contributed by atoms with Gasteiger partial charge in [0.2, 0.25) is 0 Å². The Bertz CT molecular complexity index is 510. The number of anilines is 1. The van der Waals surface area contributed by atoms with Crippen molar-refractivity contribution < 1.29 is 10.0 Å². The van der Waals surface area contributed by atoms with Crippen LogP contribution in [0.3, 0.4) is 0 Å². The number of aliphatic hydroxyl groups is 1. The summed E-state index contributed by atoms with van der Waals surface area (Å²) >= 11 is 0. The van der Waals surface area contributed by atoms with Crippen LogP contribution in [0.5, 0.6) is 0 Å². The van der Waals surface area contributed by atoms with E-state index in [1.807, 2.05) is 6.07 Å². The molecule has 2 rings (SSSR count). The monoisotopic (exact) mass is 247 g/mol. The number of nitriles is 1. The molecule has 1 aromatic rings. The molecule has 2 atom stereocenters. The van der Waals surface area contributed by atoms with Gasteiger partial charge in [0.25, 0.3) is 5.69 Å². The molecule has 1 aliphatic rings. The number of nitrogens with zero attached hydrogens (tertiary/aromatic N) is 2. The van der Waals surface area contributed by atoms with Crippen LogP contribution in [0, 0.1) is 21.4 Å². The summed E-state index contributed by atoms with van der Waals surface area (Å²) in [7, 11) is 0. The van der Waals surface area contributed by atoms with Gasteiger partial charge in [0, 0.05) is 11.8 Å². The number of nitro groups is 1. The molecule has 0 aliphatic heterocycles. The molecule has 2 N–H and O–H groups in total. The molecule has 0 amide bonds. The highest BCUT2D eigenvalue weighted by Crippen LogP contribution is 2.26. The first-order valence-electron chi connectivity index (χ1n) is 5.75. The molecular formula is C12H13N3O3. The molecule has 0 saturated heterocycles. The van der Waals surface area contributed by atoms with E-state index in [1.165, 1.54) is 12.1 Å². The summed E-state index contributed by atoms with van der Waals surface area (Å²) in [5, 5.41) is 32.3. The highest BCUT2D eigenvalue weighted by molar-refractivity contribution is 5.59. The van der Waals surface area contributed by atoms with E-state index >= 15 is 0 Å². The molecule has 0 bridgehead atoms. The molecular weight excluding hydrogens is 234 g/mol. The largest absolute Gasteiger partial charge is 0.391 e. The maximum absolute atomic E-state index is 10.7. The molecule has 18 heavy (non-hydrogen) atoms. The van der Waals surface area contributed by atoms with Gasteiger partial charge in [0.05, 0.1) is 17.1 Å². The predicted octanol–water partition coefficient (Wildman–Crippen LogP) is 1.79. The lowest BCUT2D eigenvalue weighted by atomic mass is 10.1. The third-order valence-corrected chi connectivity index (χ3v) is 3.15. The Balaban J connectivity index is 2.20. The molecule has 1 saturated carbocycles. The number of benzene rings is 1. The highest BCUT2D eigenvalue weighted by Gasteiger charge is 2.25. The lowest BCUT2D eigenvalue weighted by Gasteiger charge is -2.17. The fourth-order valence-corrected chi connectivity index (χ4v) is 2.20. The Labute approximate surface area is 104 Å². The average Bonchev–Trinajstić information content (AvgIpc) is 2.74. The van der Waals surface area contributed by atoms with Gasteiger partial charge in [0.1, 0.15) is 11.6 Å². The minimum absolute atomic E-state index is 0.0255. The molecule has 0 unspecified atom stereocenters. The van der Waals surface area contributed by atoms with Gasteiger partial charge < -0.3 is 10.4 Å². The maximum Gasteiger partial charge on any atom is 0.287 e. The molecule has 1 aromatic carbocycles. The van der Waals surface area contributed by atoms with Crippen LogP contribution < -0.4 is 5.32 Å². The van der Waals surface area contributed by atoms with Gasteiger partial charge in [-0.1, -0.05) is 0 Å². The van der Waals surface area contributed by atoms with Crippen LogP contribution >= 0.6 is 0 Å². The smallest absolute Gasteiger partial charge is 0.287 e. The Morgan fingerprint density at radius 3 is 2.83 bits per heavy atom. The normalized spacial score (nSPS) is 22.4. The first-order chi connectivity index (χ1) is 8.61. The molecule has 0 aromatic heterocycles. The van der Waals surface area contributed by atoms with Crippen molar-refractivity contribution in [3.63, 3.8) is 0 Å². The van der Waals surface area contributed by atoms with Gasteiger partial charge in [-0.05, 0) is 31.4 Å². The molecule has 94 valence electrons. The molecule has 0 spiro atoms. The van der Waals surface area contributed by atoms with Crippen molar-refractivity contribution in [3.05, 3.63) is 33.9 Å². The molecule has 1 aliphatic carbocycles. The van der Waals surface area contributed by atoms with E-state index < -0.39 is 11.0 Å². The zero-order valence-electron chi connectivity index (χ0n) is 9.67. The van der Waals surface area contributed by atoms with Gasteiger partial charge in [-0.2, -0.15) is 5.26 Å². The number of hydrogen-bond acceptors (Lipinski definition) is 5. The van der Waals surface area contributed by atoms with Crippen LogP contribution in [0.1, 0.15) is 24.8 Å². The summed E-state index contributed by atoms with van der Waals surface area (Å²) < 4.78 is 0. The lowest BCUT2D eigenvalue weighted by molar-refractivity contribution is -0.385. The van der Waals surface area contributed by atoms with E-state index in [0.29, 0.717) is 5.69 Å². The maximum atomic E-state index is 10.7. The fourth-order valence-electron chi connectivity index (χ4n) is 2.20. The van der Waals surface area contributed by atoms with E-state index in [-0.39, 0.29) is 17.3 Å². The molecule has 6 heteroatoms. The first kappa shape index (κ1) is 12.3. The summed E-state index contributed by atoms with van der Waals surface area (Å²) in [5.74, 6) is 0. The van der Waals surface area contributed by atoms with Crippen molar-refractivity contribution in [1.82, 2.24) is 0 Å². The zero-order valence-corrected chi connectivity index (χ0v) is 9.67. The number of hydrogen-bond donors (Lipinski definition) is 2. The van der Waals surface area contributed by atoms with Crippen LogP contribution in [-0.2, 0) is 0 Å². The second kappa shape index (κ2) is 5.02. The number of nitro benzene ring substituents is 1.